The summed E-state index contributed by atoms with van der Waals surface area (Å²) in [6.07, 6.45) is 10.9. The van der Waals surface area contributed by atoms with Gasteiger partial charge in [-0.1, -0.05) is 26.2 Å². The van der Waals surface area contributed by atoms with Crippen LogP contribution in [0.15, 0.2) is 10.4 Å². The van der Waals surface area contributed by atoms with Gasteiger partial charge in [-0.15, -0.1) is 11.3 Å². The van der Waals surface area contributed by atoms with Gasteiger partial charge in [-0.05, 0) is 31.6 Å². The number of rotatable bonds is 6. The third-order valence-corrected chi connectivity index (χ3v) is 5.09. The van der Waals surface area contributed by atoms with E-state index in [2.05, 4.69) is 16.9 Å². The molecule has 1 aromatic heterocycles. The van der Waals surface area contributed by atoms with Crippen LogP contribution in [-0.4, -0.2) is 11.1 Å². The van der Waals surface area contributed by atoms with Crippen molar-refractivity contribution < 1.29 is 4.79 Å². The van der Waals surface area contributed by atoms with Gasteiger partial charge in [0.25, 0.3) is 0 Å². The summed E-state index contributed by atoms with van der Waals surface area (Å²) in [6.45, 7) is 2.65. The van der Waals surface area contributed by atoms with Gasteiger partial charge in [0.2, 0.25) is 6.08 Å². The zero-order valence-corrected chi connectivity index (χ0v) is 12.4. The molecule has 0 unspecified atom stereocenters. The van der Waals surface area contributed by atoms with Crippen molar-refractivity contribution in [3.8, 4) is 0 Å². The van der Waals surface area contributed by atoms with Crippen LogP contribution in [0, 0.1) is 5.92 Å². The van der Waals surface area contributed by atoms with Gasteiger partial charge in [-0.2, -0.15) is 4.99 Å². The van der Waals surface area contributed by atoms with Crippen LogP contribution >= 0.6 is 11.3 Å². The Bertz CT molecular complexity index is 429. The van der Waals surface area contributed by atoms with Crippen molar-refractivity contribution in [2.75, 3.05) is 0 Å². The molecule has 1 aliphatic carbocycles. The molecule has 1 aliphatic rings. The second-order valence-corrected chi connectivity index (χ2v) is 6.33. The van der Waals surface area contributed by atoms with E-state index in [1.165, 1.54) is 50.0 Å². The fourth-order valence-corrected chi connectivity index (χ4v) is 3.87. The van der Waals surface area contributed by atoms with Crippen molar-refractivity contribution in [1.82, 2.24) is 4.98 Å². The topological polar surface area (TPSA) is 42.3 Å². The van der Waals surface area contributed by atoms with Crippen molar-refractivity contribution in [2.24, 2.45) is 10.9 Å². The predicted octanol–water partition coefficient (Wildman–Crippen LogP) is 4.44. The number of hydrogen-bond donors (Lipinski definition) is 0. The first kappa shape index (κ1) is 14.4. The number of aromatic nitrogens is 1. The molecule has 0 radical (unpaired) electrons. The zero-order chi connectivity index (χ0) is 13.5. The van der Waals surface area contributed by atoms with E-state index < -0.39 is 0 Å². The monoisotopic (exact) mass is 278 g/mol. The molecule has 19 heavy (non-hydrogen) atoms. The lowest BCUT2D eigenvalue weighted by molar-refractivity contribution is 0.304. The van der Waals surface area contributed by atoms with E-state index in [1.54, 1.807) is 17.4 Å². The minimum atomic E-state index is 0.381. The summed E-state index contributed by atoms with van der Waals surface area (Å²) in [7, 11) is 0. The first-order chi connectivity index (χ1) is 9.33. The number of isocyanates is 1. The van der Waals surface area contributed by atoms with Crippen molar-refractivity contribution >= 4 is 17.4 Å². The Labute approximate surface area is 119 Å². The van der Waals surface area contributed by atoms with Crippen LogP contribution in [0.25, 0.3) is 0 Å². The number of carbonyl (C=O) groups excluding carboxylic acids is 1. The summed E-state index contributed by atoms with van der Waals surface area (Å²) in [5.74, 6) is 1.58. The fraction of sp³-hybridized carbons (Fsp3) is 0.733. The Morgan fingerprint density at radius 2 is 2.21 bits per heavy atom. The van der Waals surface area contributed by atoms with E-state index in [0.29, 0.717) is 12.5 Å². The van der Waals surface area contributed by atoms with Crippen molar-refractivity contribution in [3.05, 3.63) is 16.1 Å². The molecule has 0 amide bonds. The van der Waals surface area contributed by atoms with Gasteiger partial charge in [0.15, 0.2) is 0 Å². The maximum Gasteiger partial charge on any atom is 0.235 e. The standard InChI is InChI=1S/C15H22N2OS/c1-2-3-4-12-5-7-13(8-6-12)15-17-14(10-19-15)9-16-11-18/h10,12-13H,2-9H2,1H3. The third-order valence-electron chi connectivity index (χ3n) is 4.04. The third kappa shape index (κ3) is 4.26. The number of nitrogens with zero attached hydrogens (tertiary/aromatic N) is 2. The Balaban J connectivity index is 1.83. The first-order valence-corrected chi connectivity index (χ1v) is 8.19. The van der Waals surface area contributed by atoms with E-state index in [4.69, 9.17) is 0 Å². The lowest BCUT2D eigenvalue weighted by Crippen LogP contribution is -2.13. The summed E-state index contributed by atoms with van der Waals surface area (Å²) >= 11 is 1.72. The predicted molar refractivity (Wildman–Crippen MR) is 78.2 cm³/mol. The second-order valence-electron chi connectivity index (χ2n) is 5.44. The quantitative estimate of drug-likeness (QED) is 0.570. The van der Waals surface area contributed by atoms with Gasteiger partial charge in [-0.25, -0.2) is 9.78 Å². The molecule has 1 aromatic rings. The van der Waals surface area contributed by atoms with Crippen molar-refractivity contribution in [3.63, 3.8) is 0 Å². The molecular weight excluding hydrogens is 256 g/mol. The van der Waals surface area contributed by atoms with Crippen LogP contribution in [-0.2, 0) is 11.3 Å². The number of hydrogen-bond acceptors (Lipinski definition) is 4. The highest BCUT2D eigenvalue weighted by Gasteiger charge is 2.23. The average molecular weight is 278 g/mol. The molecule has 1 heterocycles. The molecule has 1 saturated carbocycles. The van der Waals surface area contributed by atoms with Gasteiger partial charge in [0.1, 0.15) is 0 Å². The van der Waals surface area contributed by atoms with Crippen LogP contribution < -0.4 is 0 Å². The van der Waals surface area contributed by atoms with E-state index in [0.717, 1.165) is 11.6 Å². The second kappa shape index (κ2) is 7.56. The largest absolute Gasteiger partial charge is 0.244 e. The van der Waals surface area contributed by atoms with Crippen LogP contribution in [0.5, 0.6) is 0 Å². The molecule has 2 rings (SSSR count). The average Bonchev–Trinajstić information content (AvgIpc) is 2.92. The Hall–Kier alpha value is -0.990. The van der Waals surface area contributed by atoms with Crippen molar-refractivity contribution in [1.29, 1.82) is 0 Å². The van der Waals surface area contributed by atoms with Crippen LogP contribution in [0.3, 0.4) is 0 Å². The molecule has 0 saturated heterocycles. The molecule has 0 atom stereocenters. The highest BCUT2D eigenvalue weighted by atomic mass is 32.1. The van der Waals surface area contributed by atoms with E-state index in [-0.39, 0.29) is 0 Å². The van der Waals surface area contributed by atoms with Crippen molar-refractivity contribution in [2.45, 2.75) is 64.3 Å². The SMILES string of the molecule is CCCCC1CCC(c2nc(CN=C=O)cs2)CC1. The molecule has 104 valence electrons. The number of thiazole rings is 1. The molecule has 0 aromatic carbocycles. The lowest BCUT2D eigenvalue weighted by Gasteiger charge is -2.27. The molecule has 0 N–H and O–H groups in total. The van der Waals surface area contributed by atoms with E-state index in [1.807, 2.05) is 5.38 Å². The van der Waals surface area contributed by atoms with Gasteiger partial charge in [-0.3, -0.25) is 0 Å². The summed E-state index contributed by atoms with van der Waals surface area (Å²) in [5.41, 5.74) is 0.913. The molecule has 0 aliphatic heterocycles. The van der Waals surface area contributed by atoms with Gasteiger partial charge in [0, 0.05) is 11.3 Å². The minimum Gasteiger partial charge on any atom is -0.244 e. The lowest BCUT2D eigenvalue weighted by atomic mass is 9.80. The Kier molecular flexibility index (Phi) is 5.74. The summed E-state index contributed by atoms with van der Waals surface area (Å²) in [5, 5.41) is 3.27. The molecule has 1 fully saturated rings. The maximum absolute atomic E-state index is 10.1. The minimum absolute atomic E-state index is 0.381. The smallest absolute Gasteiger partial charge is 0.235 e. The summed E-state index contributed by atoms with van der Waals surface area (Å²) < 4.78 is 0. The summed E-state index contributed by atoms with van der Waals surface area (Å²) in [6, 6.07) is 0. The Morgan fingerprint density at radius 1 is 1.42 bits per heavy atom. The highest BCUT2D eigenvalue weighted by molar-refractivity contribution is 7.09. The maximum atomic E-state index is 10.1. The van der Waals surface area contributed by atoms with E-state index in [9.17, 15) is 4.79 Å². The van der Waals surface area contributed by atoms with E-state index >= 15 is 0 Å². The molecule has 0 bridgehead atoms. The van der Waals surface area contributed by atoms with Crippen LogP contribution in [0.2, 0.25) is 0 Å². The fourth-order valence-electron chi connectivity index (χ4n) is 2.89. The first-order valence-electron chi connectivity index (χ1n) is 7.31. The Morgan fingerprint density at radius 3 is 2.89 bits per heavy atom. The van der Waals surface area contributed by atoms with Crippen LogP contribution in [0.1, 0.15) is 68.5 Å². The van der Waals surface area contributed by atoms with Gasteiger partial charge >= 0.3 is 0 Å². The normalized spacial score (nSPS) is 23.0. The molecule has 4 heteroatoms. The zero-order valence-electron chi connectivity index (χ0n) is 11.6. The van der Waals surface area contributed by atoms with Crippen LogP contribution in [0.4, 0.5) is 0 Å². The van der Waals surface area contributed by atoms with Gasteiger partial charge < -0.3 is 0 Å². The molecular formula is C15H22N2OS. The highest BCUT2D eigenvalue weighted by Crippen LogP contribution is 2.38. The number of unbranched alkanes of at least 4 members (excludes halogenated alkanes) is 1. The molecule has 0 spiro atoms. The molecule has 3 nitrogen and oxygen atoms in total. The van der Waals surface area contributed by atoms with Gasteiger partial charge in [0.05, 0.1) is 17.2 Å². The summed E-state index contributed by atoms with van der Waals surface area (Å²) in [4.78, 5) is 18.3. The number of aliphatic imine (C=N–C) groups is 1.